The molecule has 0 saturated carbocycles. The standard InChI is InChI=1S/C17H14ClFN2O3S2/c1-9-8-21-16(22)7-11-15(5-4-14(25-9)17(11)21)26(23,24)20-10-2-3-13(19)12(18)6-10/h2-6,9,20H,7-8H2,1H3/t9-/m1/s1. The summed E-state index contributed by atoms with van der Waals surface area (Å²) in [6, 6.07) is 6.85. The van der Waals surface area contributed by atoms with Crippen LogP contribution in [0.15, 0.2) is 40.1 Å². The van der Waals surface area contributed by atoms with E-state index in [0.29, 0.717) is 17.8 Å². The molecule has 1 N–H and O–H groups in total. The van der Waals surface area contributed by atoms with Crippen LogP contribution in [0.3, 0.4) is 0 Å². The van der Waals surface area contributed by atoms with Gasteiger partial charge in [0.25, 0.3) is 10.0 Å². The van der Waals surface area contributed by atoms with Crippen LogP contribution in [0.1, 0.15) is 12.5 Å². The number of amides is 1. The van der Waals surface area contributed by atoms with Gasteiger partial charge >= 0.3 is 0 Å². The van der Waals surface area contributed by atoms with Gasteiger partial charge in [0.1, 0.15) is 5.82 Å². The second kappa shape index (κ2) is 6.14. The smallest absolute Gasteiger partial charge is 0.262 e. The first-order valence-electron chi connectivity index (χ1n) is 7.87. The molecule has 0 saturated heterocycles. The van der Waals surface area contributed by atoms with Gasteiger partial charge in [-0.15, -0.1) is 11.8 Å². The van der Waals surface area contributed by atoms with Crippen LogP contribution in [-0.4, -0.2) is 26.1 Å². The van der Waals surface area contributed by atoms with Crippen LogP contribution in [0.25, 0.3) is 0 Å². The maximum Gasteiger partial charge on any atom is 0.262 e. The number of carbonyl (C=O) groups is 1. The number of anilines is 2. The lowest BCUT2D eigenvalue weighted by Gasteiger charge is -2.29. The molecule has 0 radical (unpaired) electrons. The van der Waals surface area contributed by atoms with E-state index in [1.165, 1.54) is 18.2 Å². The molecule has 1 atom stereocenters. The number of benzene rings is 2. The van der Waals surface area contributed by atoms with Crippen LogP contribution < -0.4 is 9.62 Å². The second-order valence-electron chi connectivity index (χ2n) is 6.23. The van der Waals surface area contributed by atoms with Gasteiger partial charge in [0, 0.05) is 22.3 Å². The zero-order chi connectivity index (χ0) is 18.6. The van der Waals surface area contributed by atoms with Gasteiger partial charge in [0.15, 0.2) is 0 Å². The minimum Gasteiger partial charge on any atom is -0.310 e. The van der Waals surface area contributed by atoms with Crippen molar-refractivity contribution in [3.05, 3.63) is 46.7 Å². The average Bonchev–Trinajstić information content (AvgIpc) is 2.88. The molecule has 0 fully saturated rings. The van der Waals surface area contributed by atoms with Gasteiger partial charge in [0.2, 0.25) is 5.91 Å². The Hall–Kier alpha value is -1.77. The Balaban J connectivity index is 1.77. The molecular formula is C17H14ClFN2O3S2. The summed E-state index contributed by atoms with van der Waals surface area (Å²) < 4.78 is 41.4. The molecule has 2 aromatic carbocycles. The summed E-state index contributed by atoms with van der Waals surface area (Å²) >= 11 is 7.35. The van der Waals surface area contributed by atoms with Crippen molar-refractivity contribution in [3.63, 3.8) is 0 Å². The summed E-state index contributed by atoms with van der Waals surface area (Å²) in [5.41, 5.74) is 1.36. The summed E-state index contributed by atoms with van der Waals surface area (Å²) in [7, 11) is -3.95. The topological polar surface area (TPSA) is 66.5 Å². The molecule has 0 spiro atoms. The second-order valence-corrected chi connectivity index (χ2v) is 9.77. The molecule has 0 aromatic heterocycles. The Bertz CT molecular complexity index is 1040. The highest BCUT2D eigenvalue weighted by Gasteiger charge is 2.38. The molecule has 4 rings (SSSR count). The number of hydrogen-bond acceptors (Lipinski definition) is 4. The van der Waals surface area contributed by atoms with Crippen molar-refractivity contribution in [2.24, 2.45) is 0 Å². The molecule has 0 unspecified atom stereocenters. The van der Waals surface area contributed by atoms with Crippen molar-refractivity contribution in [1.29, 1.82) is 0 Å². The van der Waals surface area contributed by atoms with Crippen LogP contribution in [0, 0.1) is 5.82 Å². The van der Waals surface area contributed by atoms with E-state index in [9.17, 15) is 17.6 Å². The van der Waals surface area contributed by atoms with Gasteiger partial charge < -0.3 is 4.90 Å². The maximum absolute atomic E-state index is 13.3. The van der Waals surface area contributed by atoms with Crippen molar-refractivity contribution in [1.82, 2.24) is 0 Å². The van der Waals surface area contributed by atoms with Gasteiger partial charge in [-0.3, -0.25) is 9.52 Å². The molecule has 2 heterocycles. The highest BCUT2D eigenvalue weighted by atomic mass is 35.5. The van der Waals surface area contributed by atoms with Gasteiger partial charge in [-0.05, 0) is 30.3 Å². The van der Waals surface area contributed by atoms with Crippen LogP contribution in [0.5, 0.6) is 0 Å². The van der Waals surface area contributed by atoms with E-state index < -0.39 is 15.8 Å². The molecular weight excluding hydrogens is 399 g/mol. The molecule has 2 aromatic rings. The Morgan fingerprint density at radius 3 is 2.81 bits per heavy atom. The maximum atomic E-state index is 13.3. The molecule has 26 heavy (non-hydrogen) atoms. The van der Waals surface area contributed by atoms with E-state index >= 15 is 0 Å². The van der Waals surface area contributed by atoms with Crippen molar-refractivity contribution in [2.75, 3.05) is 16.2 Å². The molecule has 9 heteroatoms. The number of nitrogens with zero attached hydrogens (tertiary/aromatic N) is 1. The molecule has 2 aliphatic rings. The van der Waals surface area contributed by atoms with Crippen molar-refractivity contribution in [2.45, 2.75) is 28.4 Å². The van der Waals surface area contributed by atoms with E-state index in [1.807, 2.05) is 6.92 Å². The fourth-order valence-electron chi connectivity index (χ4n) is 3.26. The highest BCUT2D eigenvalue weighted by Crippen LogP contribution is 2.46. The Labute approximate surface area is 159 Å². The van der Waals surface area contributed by atoms with Crippen LogP contribution in [-0.2, 0) is 21.2 Å². The fraction of sp³-hybridized carbons (Fsp3) is 0.235. The van der Waals surface area contributed by atoms with Crippen molar-refractivity contribution < 1.29 is 17.6 Å². The summed E-state index contributed by atoms with van der Waals surface area (Å²) in [5, 5.41) is 0.0752. The first-order valence-corrected chi connectivity index (χ1v) is 10.6. The van der Waals surface area contributed by atoms with Crippen molar-refractivity contribution in [3.8, 4) is 0 Å². The number of thioether (sulfide) groups is 1. The summed E-state index contributed by atoms with van der Waals surface area (Å²) in [4.78, 5) is 15.0. The van der Waals surface area contributed by atoms with Gasteiger partial charge in [-0.1, -0.05) is 18.5 Å². The third kappa shape index (κ3) is 2.86. The summed E-state index contributed by atoms with van der Waals surface area (Å²) in [6.07, 6.45) is 0.0525. The van der Waals surface area contributed by atoms with E-state index in [0.717, 1.165) is 11.0 Å². The lowest BCUT2D eigenvalue weighted by molar-refractivity contribution is -0.117. The van der Waals surface area contributed by atoms with Crippen LogP contribution in [0.2, 0.25) is 5.02 Å². The molecule has 5 nitrogen and oxygen atoms in total. The quantitative estimate of drug-likeness (QED) is 0.835. The van der Waals surface area contributed by atoms with Crippen LogP contribution >= 0.6 is 23.4 Å². The average molecular weight is 413 g/mol. The molecule has 2 aliphatic heterocycles. The van der Waals surface area contributed by atoms with E-state index in [-0.39, 0.29) is 33.2 Å². The molecule has 0 aliphatic carbocycles. The number of sulfonamides is 1. The molecule has 136 valence electrons. The summed E-state index contributed by atoms with van der Waals surface area (Å²) in [5.74, 6) is -0.727. The van der Waals surface area contributed by atoms with Crippen LogP contribution in [0.4, 0.5) is 15.8 Å². The monoisotopic (exact) mass is 412 g/mol. The Kier molecular flexibility index (Phi) is 4.17. The zero-order valence-corrected chi connectivity index (χ0v) is 16.0. The first-order chi connectivity index (χ1) is 12.3. The van der Waals surface area contributed by atoms with Gasteiger partial charge in [0.05, 0.1) is 27.7 Å². The Morgan fingerprint density at radius 1 is 1.31 bits per heavy atom. The lowest BCUT2D eigenvalue weighted by atomic mass is 10.1. The number of nitrogens with one attached hydrogen (secondary N) is 1. The predicted molar refractivity (Wildman–Crippen MR) is 100 cm³/mol. The highest BCUT2D eigenvalue weighted by molar-refractivity contribution is 8.00. The zero-order valence-electron chi connectivity index (χ0n) is 13.6. The van der Waals surface area contributed by atoms with E-state index in [1.54, 1.807) is 22.7 Å². The lowest BCUT2D eigenvalue weighted by Crippen LogP contribution is -2.35. The number of hydrogen-bond donors (Lipinski definition) is 1. The van der Waals surface area contributed by atoms with Crippen molar-refractivity contribution >= 4 is 50.7 Å². The third-order valence-corrected chi connectivity index (χ3v) is 7.22. The minimum atomic E-state index is -3.95. The third-order valence-electron chi connectivity index (χ3n) is 4.33. The Morgan fingerprint density at radius 2 is 2.08 bits per heavy atom. The normalized spacial score (nSPS) is 18.8. The van der Waals surface area contributed by atoms with Gasteiger partial charge in [-0.2, -0.15) is 0 Å². The molecule has 1 amide bonds. The van der Waals surface area contributed by atoms with E-state index in [4.69, 9.17) is 11.6 Å². The number of rotatable bonds is 3. The summed E-state index contributed by atoms with van der Waals surface area (Å²) in [6.45, 7) is 2.59. The molecule has 0 bridgehead atoms. The number of halogens is 2. The number of carbonyl (C=O) groups excluding carboxylic acids is 1. The SMILES string of the molecule is C[C@@H]1CN2C(=O)Cc3c(S(=O)(=O)Nc4ccc(F)c(Cl)c4)ccc(c32)S1. The van der Waals surface area contributed by atoms with Gasteiger partial charge in [-0.25, -0.2) is 12.8 Å². The predicted octanol–water partition coefficient (Wildman–Crippen LogP) is 3.66. The van der Waals surface area contributed by atoms with E-state index in [2.05, 4.69) is 4.72 Å². The fourth-order valence-corrected chi connectivity index (χ4v) is 5.87. The largest absolute Gasteiger partial charge is 0.310 e. The minimum absolute atomic E-state index is 0.0525. The first kappa shape index (κ1) is 17.6.